The number of hydrogen-bond donors (Lipinski definition) is 1. The van der Waals surface area contributed by atoms with Crippen molar-refractivity contribution in [2.45, 2.75) is 38.0 Å². The third kappa shape index (κ3) is 3.85. The number of piperidine rings is 1. The van der Waals surface area contributed by atoms with Gasteiger partial charge in [0.25, 0.3) is 10.0 Å². The SMILES string of the molecule is Cc1nn(C)c(C)c1S(=O)(=O)Nc1cnc(N2CCCCC2)nc1N(C)C. The number of rotatable bonds is 5. The van der Waals surface area contributed by atoms with Crippen LogP contribution in [0, 0.1) is 13.8 Å². The Morgan fingerprint density at radius 3 is 2.37 bits per heavy atom. The Kier molecular flexibility index (Phi) is 5.27. The van der Waals surface area contributed by atoms with Crippen LogP contribution < -0.4 is 14.5 Å². The molecule has 0 spiro atoms. The zero-order valence-electron chi connectivity index (χ0n) is 16.5. The summed E-state index contributed by atoms with van der Waals surface area (Å²) in [4.78, 5) is 13.2. The Hall–Kier alpha value is -2.36. The summed E-state index contributed by atoms with van der Waals surface area (Å²) in [5.74, 6) is 1.17. The Balaban J connectivity index is 1.96. The summed E-state index contributed by atoms with van der Waals surface area (Å²) in [5.41, 5.74) is 1.39. The molecule has 0 aliphatic carbocycles. The minimum Gasteiger partial charge on any atom is -0.361 e. The first-order chi connectivity index (χ1) is 12.7. The number of aryl methyl sites for hydroxylation is 2. The molecular formula is C17H27N7O2S. The van der Waals surface area contributed by atoms with Gasteiger partial charge in [-0.3, -0.25) is 9.40 Å². The molecule has 0 unspecified atom stereocenters. The van der Waals surface area contributed by atoms with Crippen LogP contribution in [-0.4, -0.2) is 55.4 Å². The van der Waals surface area contributed by atoms with Crippen molar-refractivity contribution in [2.24, 2.45) is 7.05 Å². The molecule has 148 valence electrons. The van der Waals surface area contributed by atoms with Gasteiger partial charge in [0.1, 0.15) is 10.6 Å². The fourth-order valence-corrected chi connectivity index (χ4v) is 4.85. The predicted octanol–water partition coefficient (Wildman–Crippen LogP) is 1.68. The first-order valence-electron chi connectivity index (χ1n) is 9.03. The molecule has 0 bridgehead atoms. The smallest absolute Gasteiger partial charge is 0.265 e. The van der Waals surface area contributed by atoms with Crippen molar-refractivity contribution in [3.8, 4) is 0 Å². The van der Waals surface area contributed by atoms with E-state index in [0.717, 1.165) is 25.9 Å². The summed E-state index contributed by atoms with van der Waals surface area (Å²) in [6, 6.07) is 0. The highest BCUT2D eigenvalue weighted by molar-refractivity contribution is 7.92. The predicted molar refractivity (Wildman–Crippen MR) is 106 cm³/mol. The summed E-state index contributed by atoms with van der Waals surface area (Å²) in [7, 11) is 1.59. The standard InChI is InChI=1S/C17H27N7O2S/c1-12-15(13(2)23(5)20-12)27(25,26)21-14-11-18-17(19-16(14)22(3)4)24-9-7-6-8-10-24/h11,21H,6-10H2,1-5H3. The van der Waals surface area contributed by atoms with E-state index in [4.69, 9.17) is 0 Å². The van der Waals surface area contributed by atoms with Crippen molar-refractivity contribution in [1.29, 1.82) is 0 Å². The van der Waals surface area contributed by atoms with Crippen LogP contribution in [-0.2, 0) is 17.1 Å². The summed E-state index contributed by atoms with van der Waals surface area (Å²) in [6.07, 6.45) is 5.01. The molecule has 2 aromatic rings. The van der Waals surface area contributed by atoms with Gasteiger partial charge in [0.05, 0.1) is 17.6 Å². The highest BCUT2D eigenvalue weighted by Gasteiger charge is 2.26. The van der Waals surface area contributed by atoms with E-state index in [9.17, 15) is 8.42 Å². The minimum atomic E-state index is -3.80. The zero-order valence-corrected chi connectivity index (χ0v) is 17.3. The number of anilines is 3. The van der Waals surface area contributed by atoms with Gasteiger partial charge in [0, 0.05) is 34.2 Å². The number of sulfonamides is 1. The van der Waals surface area contributed by atoms with Gasteiger partial charge in [0.2, 0.25) is 5.95 Å². The van der Waals surface area contributed by atoms with E-state index in [1.165, 1.54) is 6.42 Å². The maximum atomic E-state index is 13.0. The molecule has 3 rings (SSSR count). The van der Waals surface area contributed by atoms with Crippen LogP contribution in [0.3, 0.4) is 0 Å². The number of nitrogens with one attached hydrogen (secondary N) is 1. The van der Waals surface area contributed by atoms with Crippen molar-refractivity contribution in [3.05, 3.63) is 17.6 Å². The molecule has 10 heteroatoms. The molecule has 1 aliphatic heterocycles. The molecule has 3 heterocycles. The monoisotopic (exact) mass is 393 g/mol. The molecule has 1 fully saturated rings. The number of nitrogens with zero attached hydrogens (tertiary/aromatic N) is 6. The second-order valence-corrected chi connectivity index (χ2v) is 8.70. The second kappa shape index (κ2) is 7.34. The molecule has 0 saturated carbocycles. The number of aromatic nitrogens is 4. The Bertz CT molecular complexity index is 931. The molecule has 1 saturated heterocycles. The van der Waals surface area contributed by atoms with E-state index in [2.05, 4.69) is 24.7 Å². The average Bonchev–Trinajstić information content (AvgIpc) is 2.88. The van der Waals surface area contributed by atoms with Crippen LogP contribution in [0.5, 0.6) is 0 Å². The van der Waals surface area contributed by atoms with E-state index < -0.39 is 10.0 Å². The quantitative estimate of drug-likeness (QED) is 0.825. The lowest BCUT2D eigenvalue weighted by Gasteiger charge is -2.28. The van der Waals surface area contributed by atoms with Crippen LogP contribution in [0.4, 0.5) is 17.5 Å². The summed E-state index contributed by atoms with van der Waals surface area (Å²) in [5, 5.41) is 4.20. The molecule has 0 aromatic carbocycles. The summed E-state index contributed by atoms with van der Waals surface area (Å²) >= 11 is 0. The maximum Gasteiger partial charge on any atom is 0.265 e. The Labute approximate surface area is 160 Å². The van der Waals surface area contributed by atoms with E-state index in [1.807, 2.05) is 14.1 Å². The molecule has 2 aromatic heterocycles. The molecule has 27 heavy (non-hydrogen) atoms. The molecule has 0 atom stereocenters. The van der Waals surface area contributed by atoms with Gasteiger partial charge in [-0.15, -0.1) is 0 Å². The third-order valence-corrected chi connectivity index (χ3v) is 6.39. The minimum absolute atomic E-state index is 0.190. The van der Waals surface area contributed by atoms with Gasteiger partial charge in [-0.2, -0.15) is 10.1 Å². The summed E-state index contributed by atoms with van der Waals surface area (Å²) in [6.45, 7) is 5.26. The topological polar surface area (TPSA) is 96.2 Å². The van der Waals surface area contributed by atoms with Crippen molar-refractivity contribution >= 4 is 27.5 Å². The van der Waals surface area contributed by atoms with Crippen molar-refractivity contribution in [2.75, 3.05) is 41.7 Å². The molecule has 1 aliphatic rings. The highest BCUT2D eigenvalue weighted by atomic mass is 32.2. The van der Waals surface area contributed by atoms with Gasteiger partial charge in [-0.1, -0.05) is 0 Å². The third-order valence-electron chi connectivity index (χ3n) is 4.77. The maximum absolute atomic E-state index is 13.0. The Morgan fingerprint density at radius 1 is 1.15 bits per heavy atom. The van der Waals surface area contributed by atoms with E-state index in [-0.39, 0.29) is 4.90 Å². The molecular weight excluding hydrogens is 366 g/mol. The van der Waals surface area contributed by atoms with Crippen LogP contribution in [0.1, 0.15) is 30.7 Å². The van der Waals surface area contributed by atoms with Crippen molar-refractivity contribution < 1.29 is 8.42 Å². The van der Waals surface area contributed by atoms with Crippen LogP contribution in [0.2, 0.25) is 0 Å². The Morgan fingerprint density at radius 2 is 1.81 bits per heavy atom. The number of hydrogen-bond acceptors (Lipinski definition) is 7. The van der Waals surface area contributed by atoms with Gasteiger partial charge in [-0.25, -0.2) is 13.4 Å². The summed E-state index contributed by atoms with van der Waals surface area (Å²) < 4.78 is 30.1. The van der Waals surface area contributed by atoms with E-state index >= 15 is 0 Å². The van der Waals surface area contributed by atoms with Crippen LogP contribution >= 0.6 is 0 Å². The molecule has 9 nitrogen and oxygen atoms in total. The van der Waals surface area contributed by atoms with E-state index in [0.29, 0.717) is 28.8 Å². The first-order valence-corrected chi connectivity index (χ1v) is 10.5. The second-order valence-electron chi connectivity index (χ2n) is 7.08. The van der Waals surface area contributed by atoms with Gasteiger partial charge in [0.15, 0.2) is 5.82 Å². The molecule has 0 radical (unpaired) electrons. The van der Waals surface area contributed by atoms with Crippen LogP contribution in [0.25, 0.3) is 0 Å². The molecule has 0 amide bonds. The first kappa shape index (κ1) is 19.4. The largest absolute Gasteiger partial charge is 0.361 e. The van der Waals surface area contributed by atoms with Crippen molar-refractivity contribution in [1.82, 2.24) is 19.7 Å². The van der Waals surface area contributed by atoms with Gasteiger partial charge in [-0.05, 0) is 33.1 Å². The van der Waals surface area contributed by atoms with Gasteiger partial charge < -0.3 is 9.80 Å². The van der Waals surface area contributed by atoms with E-state index in [1.54, 1.807) is 36.7 Å². The van der Waals surface area contributed by atoms with Crippen molar-refractivity contribution in [3.63, 3.8) is 0 Å². The lowest BCUT2D eigenvalue weighted by molar-refractivity contribution is 0.568. The lowest BCUT2D eigenvalue weighted by Crippen LogP contribution is -2.31. The zero-order chi connectivity index (χ0) is 19.8. The normalized spacial score (nSPS) is 15.1. The molecule has 1 N–H and O–H groups in total. The fraction of sp³-hybridized carbons (Fsp3) is 0.588. The van der Waals surface area contributed by atoms with Crippen LogP contribution in [0.15, 0.2) is 11.1 Å². The average molecular weight is 394 g/mol. The lowest BCUT2D eigenvalue weighted by atomic mass is 10.1. The highest BCUT2D eigenvalue weighted by Crippen LogP contribution is 2.28. The van der Waals surface area contributed by atoms with Gasteiger partial charge >= 0.3 is 0 Å². The fourth-order valence-electron chi connectivity index (χ4n) is 3.36.